The lowest BCUT2D eigenvalue weighted by Crippen LogP contribution is -2.31. The summed E-state index contributed by atoms with van der Waals surface area (Å²) in [5.74, 6) is 2.73. The van der Waals surface area contributed by atoms with Crippen LogP contribution >= 0.6 is 11.5 Å². The van der Waals surface area contributed by atoms with Crippen LogP contribution in [0, 0.1) is 13.8 Å². The van der Waals surface area contributed by atoms with E-state index < -0.39 is 0 Å². The highest BCUT2D eigenvalue weighted by Gasteiger charge is 2.21. The van der Waals surface area contributed by atoms with Gasteiger partial charge in [0.1, 0.15) is 11.6 Å². The number of hydrogen-bond donors (Lipinski definition) is 0. The molecule has 1 aliphatic heterocycles. The molecule has 1 fully saturated rings. The van der Waals surface area contributed by atoms with Crippen molar-refractivity contribution in [2.45, 2.75) is 33.6 Å². The second-order valence-electron chi connectivity index (χ2n) is 6.99. The Morgan fingerprint density at radius 2 is 1.71 bits per heavy atom. The lowest BCUT2D eigenvalue weighted by atomic mass is 10.2. The van der Waals surface area contributed by atoms with Gasteiger partial charge in [0.25, 0.3) is 0 Å². The van der Waals surface area contributed by atoms with Crippen molar-refractivity contribution in [1.29, 1.82) is 0 Å². The van der Waals surface area contributed by atoms with Crippen LogP contribution in [0.5, 0.6) is 0 Å². The maximum atomic E-state index is 4.93. The van der Waals surface area contributed by atoms with Gasteiger partial charge in [-0.25, -0.2) is 15.0 Å². The molecule has 4 rings (SSSR count). The Morgan fingerprint density at radius 1 is 0.964 bits per heavy atom. The zero-order valence-corrected chi connectivity index (χ0v) is 17.4. The van der Waals surface area contributed by atoms with Gasteiger partial charge in [-0.2, -0.15) is 4.37 Å². The zero-order chi connectivity index (χ0) is 19.5. The third kappa shape index (κ3) is 3.82. The Labute approximate surface area is 169 Å². The minimum absolute atomic E-state index is 0.762. The normalized spacial score (nSPS) is 15.0. The summed E-state index contributed by atoms with van der Waals surface area (Å²) in [6.45, 7) is 10.1. The smallest absolute Gasteiger partial charge is 0.205 e. The predicted molar refractivity (Wildman–Crippen MR) is 113 cm³/mol. The third-order valence-electron chi connectivity index (χ3n) is 5.14. The number of hydrogen-bond acceptors (Lipinski definition) is 8. The van der Waals surface area contributed by atoms with Crippen LogP contribution in [0.25, 0.3) is 11.4 Å². The quantitative estimate of drug-likeness (QED) is 0.671. The van der Waals surface area contributed by atoms with Crippen LogP contribution in [0.1, 0.15) is 30.4 Å². The van der Waals surface area contributed by atoms with E-state index in [1.807, 2.05) is 12.1 Å². The molecule has 28 heavy (non-hydrogen) atoms. The van der Waals surface area contributed by atoms with Crippen LogP contribution in [0.2, 0.25) is 0 Å². The molecular weight excluding hydrogens is 370 g/mol. The van der Waals surface area contributed by atoms with Crippen molar-refractivity contribution in [3.05, 3.63) is 41.6 Å². The van der Waals surface area contributed by atoms with Crippen LogP contribution < -0.4 is 9.80 Å². The standard InChI is InChI=1S/C20H25N7S/c1-4-17-23-20(28-25-17)27-11-5-10-26(12-13-27)19-14(2)15(3)22-18(24-19)16-6-8-21-9-7-16/h6-9H,4-5,10-13H2,1-3H3. The largest absolute Gasteiger partial charge is 0.354 e. The van der Waals surface area contributed by atoms with Crippen molar-refractivity contribution >= 4 is 22.5 Å². The Balaban J connectivity index is 1.58. The van der Waals surface area contributed by atoms with Crippen molar-refractivity contribution in [3.63, 3.8) is 0 Å². The first-order valence-electron chi connectivity index (χ1n) is 9.74. The molecule has 0 amide bonds. The van der Waals surface area contributed by atoms with Gasteiger partial charge in [0.15, 0.2) is 5.82 Å². The van der Waals surface area contributed by atoms with E-state index in [0.29, 0.717) is 0 Å². The van der Waals surface area contributed by atoms with Crippen LogP contribution in [0.3, 0.4) is 0 Å². The Bertz CT molecular complexity index is 941. The van der Waals surface area contributed by atoms with E-state index in [-0.39, 0.29) is 0 Å². The first kappa shape index (κ1) is 18.7. The monoisotopic (exact) mass is 395 g/mol. The van der Waals surface area contributed by atoms with Gasteiger partial charge in [0.05, 0.1) is 0 Å². The topological polar surface area (TPSA) is 70.9 Å². The van der Waals surface area contributed by atoms with Crippen LogP contribution in [0.4, 0.5) is 10.9 Å². The molecule has 3 aromatic heterocycles. The lowest BCUT2D eigenvalue weighted by molar-refractivity contribution is 0.790. The molecule has 8 heteroatoms. The molecule has 0 aromatic carbocycles. The van der Waals surface area contributed by atoms with Gasteiger partial charge < -0.3 is 9.80 Å². The second-order valence-corrected chi connectivity index (χ2v) is 7.72. The van der Waals surface area contributed by atoms with E-state index in [4.69, 9.17) is 9.97 Å². The predicted octanol–water partition coefficient (Wildman–Crippen LogP) is 3.29. The van der Waals surface area contributed by atoms with Crippen molar-refractivity contribution in [2.24, 2.45) is 0 Å². The highest BCUT2D eigenvalue weighted by Crippen LogP contribution is 2.26. The summed E-state index contributed by atoms with van der Waals surface area (Å²) in [6, 6.07) is 3.91. The van der Waals surface area contributed by atoms with Gasteiger partial charge in [-0.15, -0.1) is 0 Å². The maximum Gasteiger partial charge on any atom is 0.205 e. The Morgan fingerprint density at radius 3 is 2.46 bits per heavy atom. The maximum absolute atomic E-state index is 4.93. The average Bonchev–Trinajstić information content (AvgIpc) is 3.08. The van der Waals surface area contributed by atoms with Gasteiger partial charge in [-0.05, 0) is 32.4 Å². The first-order valence-corrected chi connectivity index (χ1v) is 10.5. The van der Waals surface area contributed by atoms with E-state index >= 15 is 0 Å². The highest BCUT2D eigenvalue weighted by molar-refractivity contribution is 7.09. The minimum atomic E-state index is 0.762. The molecule has 0 unspecified atom stereocenters. The fourth-order valence-corrected chi connectivity index (χ4v) is 4.19. The Kier molecular flexibility index (Phi) is 5.47. The molecule has 146 valence electrons. The SMILES string of the molecule is CCc1nsc(N2CCCN(c3nc(-c4ccncc4)nc(C)c3C)CC2)n1. The molecule has 0 spiro atoms. The molecule has 0 aliphatic carbocycles. The number of aryl methyl sites for hydroxylation is 2. The summed E-state index contributed by atoms with van der Waals surface area (Å²) < 4.78 is 4.44. The van der Waals surface area contributed by atoms with Gasteiger partial charge in [-0.3, -0.25) is 4.98 Å². The van der Waals surface area contributed by atoms with E-state index in [2.05, 4.69) is 44.9 Å². The van der Waals surface area contributed by atoms with Crippen molar-refractivity contribution < 1.29 is 0 Å². The molecule has 7 nitrogen and oxygen atoms in total. The molecule has 0 bridgehead atoms. The summed E-state index contributed by atoms with van der Waals surface area (Å²) in [7, 11) is 0. The minimum Gasteiger partial charge on any atom is -0.354 e. The van der Waals surface area contributed by atoms with Gasteiger partial charge in [0.2, 0.25) is 5.13 Å². The van der Waals surface area contributed by atoms with Crippen LogP contribution in [-0.4, -0.2) is 50.5 Å². The average molecular weight is 396 g/mol. The molecule has 0 saturated carbocycles. The molecular formula is C20H25N7S. The highest BCUT2D eigenvalue weighted by atomic mass is 32.1. The number of pyridine rings is 1. The second kappa shape index (κ2) is 8.18. The van der Waals surface area contributed by atoms with Gasteiger partial charge in [0, 0.05) is 73.3 Å². The fraction of sp³-hybridized carbons (Fsp3) is 0.450. The molecule has 0 N–H and O–H groups in total. The van der Waals surface area contributed by atoms with Gasteiger partial charge in [-0.1, -0.05) is 6.92 Å². The number of aromatic nitrogens is 5. The van der Waals surface area contributed by atoms with E-state index in [1.165, 1.54) is 11.5 Å². The molecule has 3 aromatic rings. The van der Waals surface area contributed by atoms with Gasteiger partial charge >= 0.3 is 0 Å². The zero-order valence-electron chi connectivity index (χ0n) is 16.6. The molecule has 0 radical (unpaired) electrons. The van der Waals surface area contributed by atoms with Crippen molar-refractivity contribution in [2.75, 3.05) is 36.0 Å². The number of nitrogens with zero attached hydrogens (tertiary/aromatic N) is 7. The molecule has 1 saturated heterocycles. The number of rotatable bonds is 4. The number of anilines is 2. The van der Waals surface area contributed by atoms with Crippen molar-refractivity contribution in [1.82, 2.24) is 24.3 Å². The van der Waals surface area contributed by atoms with E-state index in [9.17, 15) is 0 Å². The molecule has 1 aliphatic rings. The van der Waals surface area contributed by atoms with E-state index in [0.717, 1.165) is 78.4 Å². The third-order valence-corrected chi connectivity index (χ3v) is 5.96. The summed E-state index contributed by atoms with van der Waals surface area (Å²) in [5.41, 5.74) is 3.17. The Hall–Kier alpha value is -2.61. The fourth-order valence-electron chi connectivity index (χ4n) is 3.39. The molecule has 4 heterocycles. The van der Waals surface area contributed by atoms with Crippen LogP contribution in [0.15, 0.2) is 24.5 Å². The summed E-state index contributed by atoms with van der Waals surface area (Å²) in [6.07, 6.45) is 5.51. The summed E-state index contributed by atoms with van der Waals surface area (Å²) in [5, 5.41) is 1.03. The summed E-state index contributed by atoms with van der Waals surface area (Å²) >= 11 is 1.51. The van der Waals surface area contributed by atoms with E-state index in [1.54, 1.807) is 12.4 Å². The molecule has 0 atom stereocenters. The lowest BCUT2D eigenvalue weighted by Gasteiger charge is -2.25. The first-order chi connectivity index (χ1) is 13.7. The van der Waals surface area contributed by atoms with Crippen molar-refractivity contribution in [3.8, 4) is 11.4 Å². The van der Waals surface area contributed by atoms with Crippen LogP contribution in [-0.2, 0) is 6.42 Å². The summed E-state index contributed by atoms with van der Waals surface area (Å²) in [4.78, 5) is 23.1.